The third-order valence-corrected chi connectivity index (χ3v) is 7.84. The Balaban J connectivity index is 1.43. The summed E-state index contributed by atoms with van der Waals surface area (Å²) in [4.78, 5) is 17.0. The average molecular weight is 503 g/mol. The van der Waals surface area contributed by atoms with Gasteiger partial charge in [0.15, 0.2) is 0 Å². The first-order chi connectivity index (χ1) is 16.9. The first-order valence-corrected chi connectivity index (χ1v) is 13.9. The molecule has 9 heteroatoms. The molecule has 35 heavy (non-hydrogen) atoms. The van der Waals surface area contributed by atoms with Crippen molar-refractivity contribution in [2.45, 2.75) is 37.5 Å². The van der Waals surface area contributed by atoms with Crippen LogP contribution >= 0.6 is 0 Å². The van der Waals surface area contributed by atoms with Gasteiger partial charge in [0.1, 0.15) is 0 Å². The lowest BCUT2D eigenvalue weighted by atomic mass is 9.90. The number of urea groups is 1. The van der Waals surface area contributed by atoms with Gasteiger partial charge >= 0.3 is 6.03 Å². The van der Waals surface area contributed by atoms with E-state index >= 15 is 0 Å². The topological polar surface area (TPSA) is 102 Å². The van der Waals surface area contributed by atoms with Crippen molar-refractivity contribution in [2.75, 3.05) is 50.8 Å². The molecule has 0 radical (unpaired) electrons. The van der Waals surface area contributed by atoms with E-state index in [0.29, 0.717) is 19.0 Å². The summed E-state index contributed by atoms with van der Waals surface area (Å²) in [6.45, 7) is 6.03. The Kier molecular flexibility index (Phi) is 10.5. The Bertz CT molecular complexity index is 1010. The number of benzene rings is 2. The van der Waals surface area contributed by atoms with Gasteiger partial charge in [-0.25, -0.2) is 17.9 Å². The van der Waals surface area contributed by atoms with Gasteiger partial charge < -0.3 is 15.3 Å². The third-order valence-electron chi connectivity index (χ3n) is 6.37. The summed E-state index contributed by atoms with van der Waals surface area (Å²) >= 11 is 0. The van der Waals surface area contributed by atoms with Gasteiger partial charge in [-0.15, -0.1) is 0 Å². The molecular weight excluding hydrogens is 464 g/mol. The summed E-state index contributed by atoms with van der Waals surface area (Å²) in [5, 5.41) is 11.7. The molecule has 1 heterocycles. The van der Waals surface area contributed by atoms with E-state index in [1.54, 1.807) is 12.1 Å². The Morgan fingerprint density at radius 2 is 1.77 bits per heavy atom. The van der Waals surface area contributed by atoms with Gasteiger partial charge in [-0.2, -0.15) is 0 Å². The fourth-order valence-electron chi connectivity index (χ4n) is 4.47. The summed E-state index contributed by atoms with van der Waals surface area (Å²) in [5.74, 6) is 0.581. The summed E-state index contributed by atoms with van der Waals surface area (Å²) in [7, 11) is -3.57. The predicted molar refractivity (Wildman–Crippen MR) is 139 cm³/mol. The maximum atomic E-state index is 12.5. The van der Waals surface area contributed by atoms with Crippen LogP contribution in [0.1, 0.15) is 31.7 Å². The van der Waals surface area contributed by atoms with Gasteiger partial charge in [0, 0.05) is 25.3 Å². The van der Waals surface area contributed by atoms with Gasteiger partial charge in [0.25, 0.3) is 0 Å². The van der Waals surface area contributed by atoms with Gasteiger partial charge in [-0.1, -0.05) is 30.3 Å². The van der Waals surface area contributed by atoms with Crippen molar-refractivity contribution < 1.29 is 18.3 Å². The summed E-state index contributed by atoms with van der Waals surface area (Å²) < 4.78 is 26.7. The van der Waals surface area contributed by atoms with Crippen molar-refractivity contribution >= 4 is 21.7 Å². The molecular formula is C26H38N4O4S. The van der Waals surface area contributed by atoms with E-state index in [4.69, 9.17) is 5.11 Å². The molecule has 192 valence electrons. The van der Waals surface area contributed by atoms with Gasteiger partial charge in [0.2, 0.25) is 10.0 Å². The highest BCUT2D eigenvalue weighted by molar-refractivity contribution is 7.89. The smallest absolute Gasteiger partial charge is 0.321 e. The standard InChI is InChI=1S/C26H38N4O4S/c1-2-27-26(32)30(24-7-4-3-5-8-24)17-6-16-29-18-13-23(14-19-29)21-22-9-11-25(12-10-22)35(33,34)28-15-20-31/h3-5,7-12,23,28,31H,2,6,13-21H2,1H3,(H,27,32). The molecule has 3 rings (SSSR count). The van der Waals surface area contributed by atoms with Crippen molar-refractivity contribution in [1.82, 2.24) is 14.9 Å². The van der Waals surface area contributed by atoms with Crippen LogP contribution in [0.5, 0.6) is 0 Å². The first-order valence-electron chi connectivity index (χ1n) is 12.4. The third kappa shape index (κ3) is 8.31. The number of aliphatic hydroxyl groups is 1. The Labute approximate surface area is 209 Å². The zero-order chi connectivity index (χ0) is 25.1. The quantitative estimate of drug-likeness (QED) is 0.414. The lowest BCUT2D eigenvalue weighted by Gasteiger charge is -2.32. The van der Waals surface area contributed by atoms with Crippen LogP contribution in [0, 0.1) is 5.92 Å². The highest BCUT2D eigenvalue weighted by atomic mass is 32.2. The van der Waals surface area contributed by atoms with Crippen molar-refractivity contribution in [3.63, 3.8) is 0 Å². The number of carbonyl (C=O) groups is 1. The van der Waals surface area contributed by atoms with Crippen molar-refractivity contribution in [2.24, 2.45) is 5.92 Å². The van der Waals surface area contributed by atoms with E-state index in [1.165, 1.54) is 0 Å². The van der Waals surface area contributed by atoms with Crippen LogP contribution in [0.4, 0.5) is 10.5 Å². The molecule has 0 bridgehead atoms. The monoisotopic (exact) mass is 502 g/mol. The van der Waals surface area contributed by atoms with Crippen LogP contribution < -0.4 is 14.9 Å². The fourth-order valence-corrected chi connectivity index (χ4v) is 5.49. The normalized spacial score (nSPS) is 15.1. The molecule has 8 nitrogen and oxygen atoms in total. The number of rotatable bonds is 12. The maximum Gasteiger partial charge on any atom is 0.321 e. The van der Waals surface area contributed by atoms with Crippen LogP contribution in [0.2, 0.25) is 0 Å². The highest BCUT2D eigenvalue weighted by Crippen LogP contribution is 2.23. The number of nitrogens with zero attached hydrogens (tertiary/aromatic N) is 2. The molecule has 0 aliphatic carbocycles. The second kappa shape index (κ2) is 13.6. The molecule has 0 aromatic heterocycles. The van der Waals surface area contributed by atoms with E-state index in [2.05, 4.69) is 14.9 Å². The largest absolute Gasteiger partial charge is 0.395 e. The number of amides is 2. The number of piperidine rings is 1. The fraction of sp³-hybridized carbons (Fsp3) is 0.500. The number of nitrogens with one attached hydrogen (secondary N) is 2. The minimum atomic E-state index is -3.57. The molecule has 2 aromatic carbocycles. The van der Waals surface area contributed by atoms with Gasteiger partial charge in [-0.3, -0.25) is 4.90 Å². The van der Waals surface area contributed by atoms with E-state index in [9.17, 15) is 13.2 Å². The molecule has 1 fully saturated rings. The molecule has 1 saturated heterocycles. The SMILES string of the molecule is CCNC(=O)N(CCCN1CCC(Cc2ccc(S(=O)(=O)NCCO)cc2)CC1)c1ccccc1. The number of hydrogen-bond acceptors (Lipinski definition) is 5. The Morgan fingerprint density at radius 1 is 1.09 bits per heavy atom. The van der Waals surface area contributed by atoms with E-state index < -0.39 is 10.0 Å². The average Bonchev–Trinajstić information content (AvgIpc) is 2.87. The zero-order valence-corrected chi connectivity index (χ0v) is 21.3. The van der Waals surface area contributed by atoms with Crippen molar-refractivity contribution in [3.8, 4) is 0 Å². The van der Waals surface area contributed by atoms with Crippen molar-refractivity contribution in [1.29, 1.82) is 0 Å². The van der Waals surface area contributed by atoms with E-state index in [1.807, 2.05) is 54.3 Å². The lowest BCUT2D eigenvalue weighted by molar-refractivity contribution is 0.183. The van der Waals surface area contributed by atoms with Crippen LogP contribution in [-0.2, 0) is 16.4 Å². The van der Waals surface area contributed by atoms with Crippen LogP contribution in [-0.4, -0.2) is 70.3 Å². The number of aliphatic hydroxyl groups excluding tert-OH is 1. The summed E-state index contributed by atoms with van der Waals surface area (Å²) in [6, 6.07) is 16.8. The van der Waals surface area contributed by atoms with Crippen LogP contribution in [0.3, 0.4) is 0 Å². The molecule has 2 amide bonds. The number of anilines is 1. The molecule has 2 aromatic rings. The predicted octanol–water partition coefficient (Wildman–Crippen LogP) is 2.84. The Morgan fingerprint density at radius 3 is 2.40 bits per heavy atom. The minimum absolute atomic E-state index is 0.0128. The minimum Gasteiger partial charge on any atom is -0.395 e. The van der Waals surface area contributed by atoms with Crippen LogP contribution in [0.15, 0.2) is 59.5 Å². The first kappa shape index (κ1) is 27.1. The number of likely N-dealkylation sites (tertiary alicyclic amines) is 1. The zero-order valence-electron chi connectivity index (χ0n) is 20.5. The number of sulfonamides is 1. The lowest BCUT2D eigenvalue weighted by Crippen LogP contribution is -2.42. The second-order valence-electron chi connectivity index (χ2n) is 8.93. The molecule has 1 aliphatic heterocycles. The molecule has 3 N–H and O–H groups in total. The summed E-state index contributed by atoms with van der Waals surface area (Å²) in [6.07, 6.45) is 4.07. The molecule has 1 aliphatic rings. The molecule has 0 spiro atoms. The number of hydrogen-bond donors (Lipinski definition) is 3. The Hall–Kier alpha value is -2.46. The van der Waals surface area contributed by atoms with E-state index in [-0.39, 0.29) is 24.1 Å². The maximum absolute atomic E-state index is 12.5. The second-order valence-corrected chi connectivity index (χ2v) is 10.7. The van der Waals surface area contributed by atoms with E-state index in [0.717, 1.165) is 56.6 Å². The highest BCUT2D eigenvalue weighted by Gasteiger charge is 2.21. The molecule has 0 atom stereocenters. The molecule has 0 unspecified atom stereocenters. The van der Waals surface area contributed by atoms with Gasteiger partial charge in [0.05, 0.1) is 11.5 Å². The number of carbonyl (C=O) groups excluding carboxylic acids is 1. The summed E-state index contributed by atoms with van der Waals surface area (Å²) in [5.41, 5.74) is 2.06. The molecule has 0 saturated carbocycles. The van der Waals surface area contributed by atoms with Crippen LogP contribution in [0.25, 0.3) is 0 Å². The van der Waals surface area contributed by atoms with Gasteiger partial charge in [-0.05, 0) is 88.0 Å². The number of para-hydroxylation sites is 1. The van der Waals surface area contributed by atoms with Crippen molar-refractivity contribution in [3.05, 3.63) is 60.2 Å².